The Morgan fingerprint density at radius 2 is 1.77 bits per heavy atom. The average Bonchev–Trinajstić information content (AvgIpc) is 2.54. The molecule has 70 valence electrons. The zero-order valence-electron chi connectivity index (χ0n) is 7.11. The smallest absolute Gasteiger partial charge is 0.188 e. The molecule has 0 amide bonds. The van der Waals surface area contributed by atoms with Crippen LogP contribution in [-0.4, -0.2) is 22.3 Å². The fourth-order valence-corrected chi connectivity index (χ4v) is 4.40. The number of hydrogen-bond acceptors (Lipinski definition) is 3. The topological polar surface area (TPSA) is 42.9 Å². The van der Waals surface area contributed by atoms with E-state index in [0.717, 1.165) is 29.6 Å². The van der Waals surface area contributed by atoms with Crippen LogP contribution in [-0.2, 0) is 4.57 Å². The molecule has 2 heterocycles. The lowest BCUT2D eigenvalue weighted by Crippen LogP contribution is -2.14. The summed E-state index contributed by atoms with van der Waals surface area (Å²) in [6.45, 7) is 0. The maximum atomic E-state index is 12.2. The minimum atomic E-state index is -2.19. The number of hydrogen-bond donors (Lipinski definition) is 0. The molecule has 1 fully saturated rings. The highest BCUT2D eigenvalue weighted by Crippen LogP contribution is 2.49. The van der Waals surface area contributed by atoms with Crippen LogP contribution >= 0.6 is 23.1 Å². The van der Waals surface area contributed by atoms with E-state index in [4.69, 9.17) is 0 Å². The van der Waals surface area contributed by atoms with E-state index in [2.05, 4.69) is 25.9 Å². The van der Waals surface area contributed by atoms with Gasteiger partial charge in [-0.05, 0) is 28.8 Å². The van der Waals surface area contributed by atoms with Crippen LogP contribution in [0.15, 0.2) is 16.9 Å². The van der Waals surface area contributed by atoms with Crippen molar-refractivity contribution < 1.29 is 4.57 Å². The van der Waals surface area contributed by atoms with E-state index >= 15 is 0 Å². The van der Waals surface area contributed by atoms with Gasteiger partial charge in [-0.25, -0.2) is 9.97 Å². The second-order valence-corrected chi connectivity index (χ2v) is 7.23. The molecule has 0 N–H and O–H groups in total. The van der Waals surface area contributed by atoms with E-state index in [0.29, 0.717) is 5.57 Å². The third-order valence-electron chi connectivity index (χ3n) is 2.26. The van der Waals surface area contributed by atoms with Crippen molar-refractivity contribution in [2.75, 3.05) is 12.3 Å². The van der Waals surface area contributed by atoms with Gasteiger partial charge in [0.2, 0.25) is 0 Å². The van der Waals surface area contributed by atoms with Crippen LogP contribution in [0.25, 0.3) is 0 Å². The Morgan fingerprint density at radius 1 is 1.23 bits per heavy atom. The van der Waals surface area contributed by atoms with Crippen molar-refractivity contribution in [1.82, 2.24) is 9.97 Å². The van der Waals surface area contributed by atoms with Gasteiger partial charge in [-0.2, -0.15) is 0 Å². The molecule has 0 saturated carbocycles. The minimum Gasteiger partial charge on any atom is -0.315 e. The SMILES string of the molecule is O=P1(c2ncc(Br)cn2)CCCC1. The third kappa shape index (κ3) is 1.84. The summed E-state index contributed by atoms with van der Waals surface area (Å²) in [6.07, 6.45) is 7.01. The molecule has 3 nitrogen and oxygen atoms in total. The summed E-state index contributed by atoms with van der Waals surface area (Å²) >= 11 is 3.26. The monoisotopic (exact) mass is 260 g/mol. The van der Waals surface area contributed by atoms with Crippen LogP contribution < -0.4 is 5.57 Å². The van der Waals surface area contributed by atoms with Crippen molar-refractivity contribution in [3.63, 3.8) is 0 Å². The van der Waals surface area contributed by atoms with Crippen molar-refractivity contribution in [3.05, 3.63) is 16.9 Å². The second kappa shape index (κ2) is 3.50. The quantitative estimate of drug-likeness (QED) is 0.726. The molecule has 2 rings (SSSR count). The fourth-order valence-electron chi connectivity index (χ4n) is 1.56. The van der Waals surface area contributed by atoms with Gasteiger partial charge < -0.3 is 4.57 Å². The van der Waals surface area contributed by atoms with Gasteiger partial charge in [0.15, 0.2) is 12.7 Å². The first-order valence-electron chi connectivity index (χ1n) is 4.27. The molecule has 1 aromatic rings. The number of rotatable bonds is 1. The van der Waals surface area contributed by atoms with Crippen molar-refractivity contribution in [1.29, 1.82) is 0 Å². The van der Waals surface area contributed by atoms with Crippen LogP contribution in [0, 0.1) is 0 Å². The molecule has 0 unspecified atom stereocenters. The molecule has 0 radical (unpaired) electrons. The lowest BCUT2D eigenvalue weighted by molar-refractivity contribution is 0.583. The molecule has 1 saturated heterocycles. The number of halogens is 1. The molecule has 0 aliphatic carbocycles. The molecule has 0 aromatic carbocycles. The predicted molar refractivity (Wildman–Crippen MR) is 55.9 cm³/mol. The van der Waals surface area contributed by atoms with Crippen LogP contribution in [0.4, 0.5) is 0 Å². The summed E-state index contributed by atoms with van der Waals surface area (Å²) < 4.78 is 13.0. The zero-order chi connectivity index (χ0) is 9.31. The Labute approximate surface area is 85.5 Å². The Morgan fingerprint density at radius 3 is 2.31 bits per heavy atom. The molecule has 0 atom stereocenters. The summed E-state index contributed by atoms with van der Waals surface area (Å²) in [5.41, 5.74) is 0.563. The molecule has 13 heavy (non-hydrogen) atoms. The predicted octanol–water partition coefficient (Wildman–Crippen LogP) is 2.02. The van der Waals surface area contributed by atoms with Gasteiger partial charge in [-0.1, -0.05) is 0 Å². The molecule has 0 spiro atoms. The Bertz CT molecular complexity index is 342. The van der Waals surface area contributed by atoms with Crippen molar-refractivity contribution in [3.8, 4) is 0 Å². The van der Waals surface area contributed by atoms with E-state index in [1.54, 1.807) is 12.4 Å². The molecule has 0 bridgehead atoms. The fraction of sp³-hybridized carbons (Fsp3) is 0.500. The van der Waals surface area contributed by atoms with Gasteiger partial charge in [0.05, 0.1) is 4.47 Å². The molecular formula is C8H10BrN2OP. The van der Waals surface area contributed by atoms with Gasteiger partial charge in [0.1, 0.15) is 0 Å². The van der Waals surface area contributed by atoms with Gasteiger partial charge in [0.25, 0.3) is 0 Å². The average molecular weight is 261 g/mol. The molecule has 5 heteroatoms. The van der Waals surface area contributed by atoms with E-state index < -0.39 is 7.14 Å². The summed E-state index contributed by atoms with van der Waals surface area (Å²) in [5, 5.41) is 0. The van der Waals surface area contributed by atoms with E-state index in [9.17, 15) is 4.57 Å². The Balaban J connectivity index is 2.35. The van der Waals surface area contributed by atoms with Crippen LogP contribution in [0.5, 0.6) is 0 Å². The highest BCUT2D eigenvalue weighted by Gasteiger charge is 2.31. The lowest BCUT2D eigenvalue weighted by atomic mass is 10.4. The summed E-state index contributed by atoms with van der Waals surface area (Å²) in [6, 6.07) is 0. The highest BCUT2D eigenvalue weighted by molar-refractivity contribution is 9.10. The van der Waals surface area contributed by atoms with Crippen molar-refractivity contribution in [2.24, 2.45) is 0 Å². The first kappa shape index (κ1) is 9.35. The Hall–Kier alpha value is -0.210. The zero-order valence-corrected chi connectivity index (χ0v) is 9.59. The highest BCUT2D eigenvalue weighted by atomic mass is 79.9. The van der Waals surface area contributed by atoms with Crippen LogP contribution in [0.3, 0.4) is 0 Å². The van der Waals surface area contributed by atoms with Gasteiger partial charge in [-0.15, -0.1) is 0 Å². The Kier molecular flexibility index (Phi) is 2.52. The number of aromatic nitrogens is 2. The van der Waals surface area contributed by atoms with E-state index in [1.165, 1.54) is 0 Å². The van der Waals surface area contributed by atoms with Gasteiger partial charge >= 0.3 is 0 Å². The maximum absolute atomic E-state index is 12.2. The third-order valence-corrected chi connectivity index (χ3v) is 5.71. The van der Waals surface area contributed by atoms with Crippen LogP contribution in [0.1, 0.15) is 12.8 Å². The summed E-state index contributed by atoms with van der Waals surface area (Å²) in [5.74, 6) is 0. The molecule has 1 aromatic heterocycles. The maximum Gasteiger partial charge on any atom is 0.188 e. The molecular weight excluding hydrogens is 251 g/mol. The number of nitrogens with zero attached hydrogens (tertiary/aromatic N) is 2. The van der Waals surface area contributed by atoms with Gasteiger partial charge in [-0.3, -0.25) is 0 Å². The van der Waals surface area contributed by atoms with Gasteiger partial charge in [0, 0.05) is 24.7 Å². The standard InChI is InChI=1S/C8H10BrN2OP/c9-7-5-10-8(11-6-7)13(12)3-1-2-4-13/h5-6H,1-4H2. The lowest BCUT2D eigenvalue weighted by Gasteiger charge is -2.07. The second-order valence-electron chi connectivity index (χ2n) is 3.24. The molecule has 1 aliphatic heterocycles. The van der Waals surface area contributed by atoms with E-state index in [-0.39, 0.29) is 0 Å². The van der Waals surface area contributed by atoms with Crippen molar-refractivity contribution >= 4 is 28.6 Å². The first-order valence-corrected chi connectivity index (χ1v) is 7.14. The largest absolute Gasteiger partial charge is 0.315 e. The first-order chi connectivity index (χ1) is 6.21. The van der Waals surface area contributed by atoms with Crippen molar-refractivity contribution in [2.45, 2.75) is 12.8 Å². The van der Waals surface area contributed by atoms with E-state index in [1.807, 2.05) is 0 Å². The molecule has 1 aliphatic rings. The normalized spacial score (nSPS) is 20.4. The minimum absolute atomic E-state index is 0.563. The van der Waals surface area contributed by atoms with Crippen LogP contribution in [0.2, 0.25) is 0 Å². The summed E-state index contributed by atoms with van der Waals surface area (Å²) in [7, 11) is -2.19. The summed E-state index contributed by atoms with van der Waals surface area (Å²) in [4.78, 5) is 8.22.